The first-order chi connectivity index (χ1) is 19.0. The molecule has 0 fully saturated rings. The summed E-state index contributed by atoms with van der Waals surface area (Å²) >= 11 is 0. The van der Waals surface area contributed by atoms with E-state index in [2.05, 4.69) is 5.32 Å². The number of hydrogen-bond acceptors (Lipinski definition) is 5. The number of rotatable bonds is 10. The van der Waals surface area contributed by atoms with Gasteiger partial charge in [0.25, 0.3) is 5.54 Å². The Morgan fingerprint density at radius 2 is 1.49 bits per heavy atom. The van der Waals surface area contributed by atoms with Gasteiger partial charge in [0.15, 0.2) is 17.3 Å². The lowest BCUT2D eigenvalue weighted by atomic mass is 9.70. The van der Waals surface area contributed by atoms with Crippen molar-refractivity contribution in [2.75, 3.05) is 20.8 Å². The summed E-state index contributed by atoms with van der Waals surface area (Å²) in [5, 5.41) is 3.89. The van der Waals surface area contributed by atoms with E-state index in [9.17, 15) is 35.9 Å². The fourth-order valence-corrected chi connectivity index (χ4v) is 4.98. The fourth-order valence-electron chi connectivity index (χ4n) is 4.98. The number of amides is 1. The summed E-state index contributed by atoms with van der Waals surface area (Å²) in [5.74, 6) is -2.03. The Labute approximate surface area is 234 Å². The number of nitrogens with one attached hydrogen (secondary N) is 2. The van der Waals surface area contributed by atoms with Crippen molar-refractivity contribution >= 4 is 11.7 Å². The van der Waals surface area contributed by atoms with Gasteiger partial charge in [-0.1, -0.05) is 50.2 Å². The molecule has 0 aromatic heterocycles. The van der Waals surface area contributed by atoms with Crippen LogP contribution >= 0.6 is 0 Å². The highest BCUT2D eigenvalue weighted by Gasteiger charge is 2.75. The number of allylic oxidation sites excluding steroid dienone is 1. The molecule has 0 unspecified atom stereocenters. The van der Waals surface area contributed by atoms with E-state index >= 15 is 0 Å². The number of Topliss-reactive ketones (excluding diaryl/α,β-unsaturated/α-hetero) is 1. The van der Waals surface area contributed by atoms with Gasteiger partial charge in [0.1, 0.15) is 0 Å². The van der Waals surface area contributed by atoms with E-state index in [0.717, 1.165) is 0 Å². The highest BCUT2D eigenvalue weighted by atomic mass is 19.4. The van der Waals surface area contributed by atoms with Crippen LogP contribution in [0.3, 0.4) is 0 Å². The molecule has 0 atom stereocenters. The zero-order valence-electron chi connectivity index (χ0n) is 23.1. The van der Waals surface area contributed by atoms with E-state index in [1.807, 2.05) is 0 Å². The van der Waals surface area contributed by atoms with E-state index < -0.39 is 59.1 Å². The van der Waals surface area contributed by atoms with Crippen molar-refractivity contribution in [3.63, 3.8) is 0 Å². The monoisotopic (exact) mass is 586 g/mol. The average molecular weight is 587 g/mol. The number of alkyl halides is 6. The second kappa shape index (κ2) is 12.0. The van der Waals surface area contributed by atoms with E-state index in [1.54, 1.807) is 38.1 Å². The summed E-state index contributed by atoms with van der Waals surface area (Å²) in [6.07, 6.45) is -13.6. The molecule has 1 amide bonds. The third kappa shape index (κ3) is 6.97. The Morgan fingerprint density at radius 1 is 0.878 bits per heavy atom. The number of benzene rings is 2. The molecule has 0 bridgehead atoms. The van der Waals surface area contributed by atoms with Crippen molar-refractivity contribution in [3.05, 3.63) is 70.9 Å². The molecular weight excluding hydrogens is 554 g/mol. The van der Waals surface area contributed by atoms with Gasteiger partial charge in [-0.25, -0.2) is 0 Å². The second-order valence-corrected chi connectivity index (χ2v) is 10.6. The molecular formula is C29H32F6N2O4. The van der Waals surface area contributed by atoms with E-state index in [1.165, 1.54) is 43.8 Å². The molecule has 2 N–H and O–H groups in total. The van der Waals surface area contributed by atoms with Crippen molar-refractivity contribution in [2.45, 2.75) is 57.4 Å². The molecule has 1 aliphatic rings. The van der Waals surface area contributed by atoms with Gasteiger partial charge in [-0.05, 0) is 41.5 Å². The maximum absolute atomic E-state index is 14.7. The Bertz CT molecular complexity index is 1270. The fraction of sp³-hybridized carbons (Fsp3) is 0.448. The summed E-state index contributed by atoms with van der Waals surface area (Å²) in [6, 6.07) is 12.3. The number of ketones is 1. The van der Waals surface area contributed by atoms with Gasteiger partial charge in [-0.2, -0.15) is 26.3 Å². The molecule has 0 saturated carbocycles. The zero-order valence-corrected chi connectivity index (χ0v) is 23.1. The first-order valence-electron chi connectivity index (χ1n) is 12.7. The van der Waals surface area contributed by atoms with Gasteiger partial charge in [0.2, 0.25) is 5.91 Å². The SMILES string of the molecule is COc1ccc(CCNC2=C(C(NC(=O)Cc3ccccc3)(C(F)(F)F)C(F)(F)F)C(=O)CC(C)(C)C2)cc1OC. The van der Waals surface area contributed by atoms with Gasteiger partial charge in [0.05, 0.1) is 26.2 Å². The normalized spacial score (nSPS) is 15.9. The summed E-state index contributed by atoms with van der Waals surface area (Å²) in [7, 11) is 2.87. The summed E-state index contributed by atoms with van der Waals surface area (Å²) in [4.78, 5) is 25.9. The molecule has 0 aliphatic heterocycles. The Hall–Kier alpha value is -3.70. The lowest BCUT2D eigenvalue weighted by Crippen LogP contribution is -2.70. The van der Waals surface area contributed by atoms with Crippen LogP contribution in [0.1, 0.15) is 37.8 Å². The lowest BCUT2D eigenvalue weighted by Gasteiger charge is -2.43. The lowest BCUT2D eigenvalue weighted by molar-refractivity contribution is -0.292. The molecule has 0 saturated heterocycles. The minimum absolute atomic E-state index is 0.0958. The van der Waals surface area contributed by atoms with Crippen molar-refractivity contribution in [3.8, 4) is 11.5 Å². The van der Waals surface area contributed by atoms with Gasteiger partial charge >= 0.3 is 12.4 Å². The van der Waals surface area contributed by atoms with Crippen molar-refractivity contribution in [1.29, 1.82) is 0 Å². The van der Waals surface area contributed by atoms with E-state index in [-0.39, 0.29) is 24.9 Å². The van der Waals surface area contributed by atoms with Crippen LogP contribution in [0.2, 0.25) is 0 Å². The van der Waals surface area contributed by atoms with Crippen LogP contribution in [-0.4, -0.2) is 50.3 Å². The van der Waals surface area contributed by atoms with Crippen LogP contribution in [0.5, 0.6) is 11.5 Å². The van der Waals surface area contributed by atoms with Gasteiger partial charge in [-0.3, -0.25) is 9.59 Å². The molecule has 0 heterocycles. The van der Waals surface area contributed by atoms with Crippen molar-refractivity contribution < 1.29 is 45.4 Å². The highest BCUT2D eigenvalue weighted by molar-refractivity contribution is 6.01. The predicted molar refractivity (Wildman–Crippen MR) is 139 cm³/mol. The summed E-state index contributed by atoms with van der Waals surface area (Å²) < 4.78 is 98.4. The molecule has 0 radical (unpaired) electrons. The molecule has 224 valence electrons. The minimum Gasteiger partial charge on any atom is -0.493 e. The molecule has 2 aromatic rings. The number of ether oxygens (including phenoxy) is 2. The number of carbonyl (C=O) groups excluding carboxylic acids is 2. The van der Waals surface area contributed by atoms with Gasteiger partial charge < -0.3 is 20.1 Å². The first kappa shape index (κ1) is 31.8. The topological polar surface area (TPSA) is 76.7 Å². The molecule has 41 heavy (non-hydrogen) atoms. The maximum atomic E-state index is 14.7. The number of carbonyl (C=O) groups is 2. The molecule has 0 spiro atoms. The van der Waals surface area contributed by atoms with Crippen LogP contribution in [0, 0.1) is 5.41 Å². The largest absolute Gasteiger partial charge is 0.493 e. The van der Waals surface area contributed by atoms with Crippen LogP contribution in [0.15, 0.2) is 59.8 Å². The zero-order chi connectivity index (χ0) is 30.6. The standard InChI is InChI=1S/C29H32F6N2O4/c1-26(2)16-20(36-13-12-19-10-11-22(40-3)23(14-19)41-4)25(21(38)17-26)27(28(30,31)32,29(33,34)35)37-24(39)15-18-8-6-5-7-9-18/h5-11,14,36H,12-13,15-17H2,1-4H3,(H,37,39). The smallest absolute Gasteiger partial charge is 0.425 e. The third-order valence-electron chi connectivity index (χ3n) is 6.83. The predicted octanol–water partition coefficient (Wildman–Crippen LogP) is 5.70. The molecule has 6 nitrogen and oxygen atoms in total. The van der Waals surface area contributed by atoms with E-state index in [4.69, 9.17) is 9.47 Å². The molecule has 3 rings (SSSR count). The third-order valence-corrected chi connectivity index (χ3v) is 6.83. The van der Waals surface area contributed by atoms with Gasteiger partial charge in [0, 0.05) is 18.7 Å². The number of halogens is 6. The van der Waals surface area contributed by atoms with Crippen molar-refractivity contribution in [1.82, 2.24) is 10.6 Å². The van der Waals surface area contributed by atoms with E-state index in [0.29, 0.717) is 17.1 Å². The molecule has 2 aromatic carbocycles. The number of methoxy groups -OCH3 is 2. The average Bonchev–Trinajstić information content (AvgIpc) is 2.86. The Kier molecular flexibility index (Phi) is 9.34. The summed E-state index contributed by atoms with van der Waals surface area (Å²) in [5.41, 5.74) is -7.02. The van der Waals surface area contributed by atoms with Crippen molar-refractivity contribution in [2.24, 2.45) is 5.41 Å². The van der Waals surface area contributed by atoms with Crippen LogP contribution < -0.4 is 20.1 Å². The van der Waals surface area contributed by atoms with Crippen LogP contribution in [0.25, 0.3) is 0 Å². The minimum atomic E-state index is -6.08. The Balaban J connectivity index is 2.06. The maximum Gasteiger partial charge on any atom is 0.425 e. The first-order valence-corrected chi connectivity index (χ1v) is 12.7. The van der Waals surface area contributed by atoms with Gasteiger partial charge in [-0.15, -0.1) is 0 Å². The Morgan fingerprint density at radius 3 is 2.05 bits per heavy atom. The number of hydrogen-bond donors (Lipinski definition) is 2. The molecule has 1 aliphatic carbocycles. The van der Waals surface area contributed by atoms with Crippen LogP contribution in [-0.2, 0) is 22.4 Å². The van der Waals surface area contributed by atoms with Crippen LogP contribution in [0.4, 0.5) is 26.3 Å². The quantitative estimate of drug-likeness (QED) is 0.350. The second-order valence-electron chi connectivity index (χ2n) is 10.6. The summed E-state index contributed by atoms with van der Waals surface area (Å²) in [6.45, 7) is 3.06. The molecule has 12 heteroatoms. The highest BCUT2D eigenvalue weighted by Crippen LogP contribution is 2.52.